The average molecular weight is 311 g/mol. The van der Waals surface area contributed by atoms with E-state index < -0.39 is 5.97 Å². The topological polar surface area (TPSA) is 62.2 Å². The molecule has 0 amide bonds. The van der Waals surface area contributed by atoms with Gasteiger partial charge in [-0.3, -0.25) is 4.79 Å². The van der Waals surface area contributed by atoms with Gasteiger partial charge in [-0.1, -0.05) is 17.7 Å². The molecule has 0 spiro atoms. The molecule has 0 aliphatic rings. The van der Waals surface area contributed by atoms with Crippen LogP contribution < -0.4 is 5.32 Å². The molecular formula is C14H15ClN2O2S. The minimum absolute atomic E-state index is 0.124. The predicted octanol–water partition coefficient (Wildman–Crippen LogP) is 4.17. The van der Waals surface area contributed by atoms with Crippen molar-refractivity contribution in [1.82, 2.24) is 4.98 Å². The smallest absolute Gasteiger partial charge is 0.303 e. The third kappa shape index (κ3) is 3.71. The van der Waals surface area contributed by atoms with E-state index in [-0.39, 0.29) is 6.42 Å². The molecule has 0 bridgehead atoms. The van der Waals surface area contributed by atoms with Crippen LogP contribution >= 0.6 is 22.9 Å². The van der Waals surface area contributed by atoms with Crippen molar-refractivity contribution in [3.05, 3.63) is 39.4 Å². The van der Waals surface area contributed by atoms with Crippen LogP contribution in [0, 0.1) is 13.8 Å². The first-order valence-corrected chi connectivity index (χ1v) is 7.36. The molecule has 1 heterocycles. The van der Waals surface area contributed by atoms with Gasteiger partial charge in [0.2, 0.25) is 0 Å². The van der Waals surface area contributed by atoms with Crippen molar-refractivity contribution in [3.8, 4) is 0 Å². The van der Waals surface area contributed by atoms with Crippen molar-refractivity contribution < 1.29 is 9.90 Å². The fourth-order valence-corrected chi connectivity index (χ4v) is 2.89. The molecule has 2 aromatic rings. The first kappa shape index (κ1) is 14.8. The number of hydrogen-bond acceptors (Lipinski definition) is 4. The summed E-state index contributed by atoms with van der Waals surface area (Å²) in [5.41, 5.74) is 2.77. The third-order valence-corrected chi connectivity index (χ3v) is 4.42. The predicted molar refractivity (Wildman–Crippen MR) is 82.3 cm³/mol. The summed E-state index contributed by atoms with van der Waals surface area (Å²) in [6, 6.07) is 5.73. The Morgan fingerprint density at radius 1 is 1.45 bits per heavy atom. The second kappa shape index (κ2) is 6.24. The molecule has 0 aliphatic heterocycles. The van der Waals surface area contributed by atoms with Crippen molar-refractivity contribution in [3.63, 3.8) is 0 Å². The van der Waals surface area contributed by atoms with Crippen LogP contribution in [0.2, 0.25) is 5.02 Å². The Kier molecular flexibility index (Phi) is 4.62. The number of anilines is 2. The minimum Gasteiger partial charge on any atom is -0.481 e. The molecule has 0 unspecified atom stereocenters. The van der Waals surface area contributed by atoms with Gasteiger partial charge in [-0.2, -0.15) is 0 Å². The quantitative estimate of drug-likeness (QED) is 0.870. The summed E-state index contributed by atoms with van der Waals surface area (Å²) in [7, 11) is 0. The van der Waals surface area contributed by atoms with E-state index in [2.05, 4.69) is 10.3 Å². The molecule has 2 N–H and O–H groups in total. The summed E-state index contributed by atoms with van der Waals surface area (Å²) in [5, 5.41) is 13.4. The molecule has 4 nitrogen and oxygen atoms in total. The second-order valence-electron chi connectivity index (χ2n) is 4.51. The van der Waals surface area contributed by atoms with Gasteiger partial charge in [0.25, 0.3) is 0 Å². The number of benzene rings is 1. The lowest BCUT2D eigenvalue weighted by Gasteiger charge is -2.04. The van der Waals surface area contributed by atoms with Gasteiger partial charge in [0.15, 0.2) is 5.13 Å². The molecule has 106 valence electrons. The van der Waals surface area contributed by atoms with Gasteiger partial charge in [-0.25, -0.2) is 4.98 Å². The van der Waals surface area contributed by atoms with Crippen LogP contribution in [0.5, 0.6) is 0 Å². The lowest BCUT2D eigenvalue weighted by Crippen LogP contribution is -1.96. The largest absolute Gasteiger partial charge is 0.481 e. The first-order valence-electron chi connectivity index (χ1n) is 6.17. The number of nitrogens with zero attached hydrogens (tertiary/aromatic N) is 1. The standard InChI is InChI=1S/C14H15ClN2O2S/c1-8-3-4-10(7-11(8)15)17-14-16-9(2)12(20-14)5-6-13(18)19/h3-4,7H,5-6H2,1-2H3,(H,16,17)(H,18,19). The zero-order valence-electron chi connectivity index (χ0n) is 11.2. The molecule has 0 radical (unpaired) electrons. The van der Waals surface area contributed by atoms with Crippen molar-refractivity contribution >= 4 is 39.7 Å². The maximum Gasteiger partial charge on any atom is 0.303 e. The molecule has 1 aromatic carbocycles. The van der Waals surface area contributed by atoms with E-state index in [9.17, 15) is 4.79 Å². The van der Waals surface area contributed by atoms with Gasteiger partial charge in [0, 0.05) is 15.6 Å². The first-order chi connectivity index (χ1) is 9.45. The van der Waals surface area contributed by atoms with E-state index >= 15 is 0 Å². The molecule has 0 aliphatic carbocycles. The zero-order valence-corrected chi connectivity index (χ0v) is 12.8. The van der Waals surface area contributed by atoms with Gasteiger partial charge in [-0.15, -0.1) is 11.3 Å². The fraction of sp³-hybridized carbons (Fsp3) is 0.286. The van der Waals surface area contributed by atoms with E-state index in [4.69, 9.17) is 16.7 Å². The molecule has 0 fully saturated rings. The fourth-order valence-electron chi connectivity index (χ4n) is 1.73. The van der Waals surface area contributed by atoms with E-state index in [1.165, 1.54) is 11.3 Å². The van der Waals surface area contributed by atoms with Gasteiger partial charge < -0.3 is 10.4 Å². The molecular weight excluding hydrogens is 296 g/mol. The van der Waals surface area contributed by atoms with E-state index in [0.29, 0.717) is 11.4 Å². The monoisotopic (exact) mass is 310 g/mol. The molecule has 1 aromatic heterocycles. The number of carboxylic acids is 1. The van der Waals surface area contributed by atoms with E-state index in [1.807, 2.05) is 32.0 Å². The molecule has 6 heteroatoms. The summed E-state index contributed by atoms with van der Waals surface area (Å²) < 4.78 is 0. The number of thiazole rings is 1. The Morgan fingerprint density at radius 2 is 2.20 bits per heavy atom. The zero-order chi connectivity index (χ0) is 14.7. The minimum atomic E-state index is -0.794. The third-order valence-electron chi connectivity index (χ3n) is 2.88. The Hall–Kier alpha value is -1.59. The average Bonchev–Trinajstić information content (AvgIpc) is 2.72. The number of nitrogens with one attached hydrogen (secondary N) is 1. The molecule has 2 rings (SSSR count). The Balaban J connectivity index is 2.11. The number of carbonyl (C=O) groups is 1. The van der Waals surface area contributed by atoms with Crippen LogP contribution in [0.1, 0.15) is 22.6 Å². The number of aryl methyl sites for hydroxylation is 3. The van der Waals surface area contributed by atoms with Gasteiger partial charge in [0.05, 0.1) is 12.1 Å². The Labute approximate surface area is 126 Å². The highest BCUT2D eigenvalue weighted by molar-refractivity contribution is 7.15. The summed E-state index contributed by atoms with van der Waals surface area (Å²) in [4.78, 5) is 16.0. The lowest BCUT2D eigenvalue weighted by molar-refractivity contribution is -0.136. The lowest BCUT2D eigenvalue weighted by atomic mass is 10.2. The maximum absolute atomic E-state index is 10.6. The van der Waals surface area contributed by atoms with Crippen molar-refractivity contribution in [2.75, 3.05) is 5.32 Å². The highest BCUT2D eigenvalue weighted by atomic mass is 35.5. The van der Waals surface area contributed by atoms with E-state index in [0.717, 1.165) is 27.0 Å². The van der Waals surface area contributed by atoms with Crippen LogP contribution in [0.25, 0.3) is 0 Å². The van der Waals surface area contributed by atoms with Crippen LogP contribution in [0.3, 0.4) is 0 Å². The Bertz CT molecular complexity index is 640. The maximum atomic E-state index is 10.6. The summed E-state index contributed by atoms with van der Waals surface area (Å²) >= 11 is 7.56. The van der Waals surface area contributed by atoms with Crippen LogP contribution in [-0.2, 0) is 11.2 Å². The Morgan fingerprint density at radius 3 is 2.85 bits per heavy atom. The highest BCUT2D eigenvalue weighted by Crippen LogP contribution is 2.28. The second-order valence-corrected chi connectivity index (χ2v) is 6.00. The summed E-state index contributed by atoms with van der Waals surface area (Å²) in [6.07, 6.45) is 0.633. The molecule has 20 heavy (non-hydrogen) atoms. The SMILES string of the molecule is Cc1ccc(Nc2nc(C)c(CCC(=O)O)s2)cc1Cl. The van der Waals surface area contributed by atoms with Gasteiger partial charge in [-0.05, 0) is 38.0 Å². The normalized spacial score (nSPS) is 10.6. The molecule has 0 saturated carbocycles. The van der Waals surface area contributed by atoms with Gasteiger partial charge >= 0.3 is 5.97 Å². The van der Waals surface area contributed by atoms with Gasteiger partial charge in [0.1, 0.15) is 0 Å². The van der Waals surface area contributed by atoms with Crippen molar-refractivity contribution in [2.24, 2.45) is 0 Å². The number of aliphatic carboxylic acids is 1. The number of aromatic nitrogens is 1. The van der Waals surface area contributed by atoms with E-state index in [1.54, 1.807) is 0 Å². The van der Waals surface area contributed by atoms with Crippen LogP contribution in [0.15, 0.2) is 18.2 Å². The van der Waals surface area contributed by atoms with Crippen LogP contribution in [0.4, 0.5) is 10.8 Å². The van der Waals surface area contributed by atoms with Crippen LogP contribution in [-0.4, -0.2) is 16.1 Å². The van der Waals surface area contributed by atoms with Crippen molar-refractivity contribution in [2.45, 2.75) is 26.7 Å². The number of carboxylic acid groups (broad SMARTS) is 1. The highest BCUT2D eigenvalue weighted by Gasteiger charge is 2.10. The summed E-state index contributed by atoms with van der Waals surface area (Å²) in [6.45, 7) is 3.84. The van der Waals surface area contributed by atoms with Crippen molar-refractivity contribution in [1.29, 1.82) is 0 Å². The number of rotatable bonds is 5. The molecule has 0 saturated heterocycles. The summed E-state index contributed by atoms with van der Waals surface area (Å²) in [5.74, 6) is -0.794. The number of halogens is 1. The number of hydrogen-bond donors (Lipinski definition) is 2. The molecule has 0 atom stereocenters.